The molecular weight excluding hydrogens is 567 g/mol. The standard InChI is InChI=1S/C25H17Cl3N8O3/c26-17-7-4-8-18(27)16(17)13-38-20-10-9-14(11-19(20)28)12-30-32-25(37)22-21(15-5-2-1-3-6-15)31-35-36(22)24-23(29)33-39-34-24/h1-12H,13H2,(H2,29,33)(H,32,37)/b30-12+. The van der Waals surface area contributed by atoms with Crippen LogP contribution >= 0.6 is 34.8 Å². The predicted octanol–water partition coefficient (Wildman–Crippen LogP) is 5.20. The van der Waals surface area contributed by atoms with Gasteiger partial charge in [-0.3, -0.25) is 4.79 Å². The molecule has 2 aromatic heterocycles. The first-order valence-electron chi connectivity index (χ1n) is 11.2. The van der Waals surface area contributed by atoms with Crippen molar-refractivity contribution in [3.05, 3.63) is 98.6 Å². The van der Waals surface area contributed by atoms with Gasteiger partial charge in [0, 0.05) is 21.2 Å². The zero-order valence-corrected chi connectivity index (χ0v) is 22.0. The van der Waals surface area contributed by atoms with E-state index in [1.807, 2.05) is 6.07 Å². The van der Waals surface area contributed by atoms with Crippen LogP contribution in [-0.2, 0) is 6.61 Å². The highest BCUT2D eigenvalue weighted by Crippen LogP contribution is 2.30. The average Bonchev–Trinajstić information content (AvgIpc) is 3.56. The summed E-state index contributed by atoms with van der Waals surface area (Å²) >= 11 is 18.8. The van der Waals surface area contributed by atoms with Gasteiger partial charge in [0.2, 0.25) is 11.6 Å². The number of nitrogens with two attached hydrogens (primary N) is 1. The molecule has 5 aromatic rings. The molecule has 0 saturated carbocycles. The van der Waals surface area contributed by atoms with E-state index in [1.165, 1.54) is 6.21 Å². The molecule has 0 unspecified atom stereocenters. The molecule has 0 aliphatic carbocycles. The van der Waals surface area contributed by atoms with Crippen molar-refractivity contribution in [1.29, 1.82) is 0 Å². The number of rotatable bonds is 8. The first-order chi connectivity index (χ1) is 18.9. The number of halogens is 3. The van der Waals surface area contributed by atoms with Gasteiger partial charge in [-0.05, 0) is 46.2 Å². The first kappa shape index (κ1) is 26.2. The van der Waals surface area contributed by atoms with Crippen LogP contribution in [0, 0.1) is 0 Å². The summed E-state index contributed by atoms with van der Waals surface area (Å²) in [6, 6.07) is 19.2. The van der Waals surface area contributed by atoms with Crippen LogP contribution in [0.4, 0.5) is 5.82 Å². The Hall–Kier alpha value is -4.45. The summed E-state index contributed by atoms with van der Waals surface area (Å²) in [5, 5.41) is 20.8. The van der Waals surface area contributed by atoms with Crippen LogP contribution in [-0.4, -0.2) is 37.4 Å². The van der Waals surface area contributed by atoms with E-state index in [9.17, 15) is 4.79 Å². The average molecular weight is 584 g/mol. The Labute approximate surface area is 236 Å². The van der Waals surface area contributed by atoms with Crippen molar-refractivity contribution in [2.24, 2.45) is 5.10 Å². The number of nitrogens with one attached hydrogen (secondary N) is 1. The Balaban J connectivity index is 1.33. The number of carbonyl (C=O) groups excluding carboxylic acids is 1. The van der Waals surface area contributed by atoms with E-state index in [0.29, 0.717) is 37.5 Å². The molecule has 0 aliphatic heterocycles. The summed E-state index contributed by atoms with van der Waals surface area (Å²) < 4.78 is 11.6. The summed E-state index contributed by atoms with van der Waals surface area (Å²) in [6.45, 7) is 0.138. The molecule has 14 heteroatoms. The van der Waals surface area contributed by atoms with Crippen molar-refractivity contribution in [3.63, 3.8) is 0 Å². The summed E-state index contributed by atoms with van der Waals surface area (Å²) in [5.74, 6) is -0.250. The second-order valence-corrected chi connectivity index (χ2v) is 9.14. The Morgan fingerprint density at radius 3 is 2.49 bits per heavy atom. The van der Waals surface area contributed by atoms with Gasteiger partial charge in [0.25, 0.3) is 5.91 Å². The molecule has 3 N–H and O–H groups in total. The lowest BCUT2D eigenvalue weighted by Crippen LogP contribution is -2.22. The quantitative estimate of drug-likeness (QED) is 0.187. The van der Waals surface area contributed by atoms with E-state index in [4.69, 9.17) is 45.3 Å². The van der Waals surface area contributed by atoms with Gasteiger partial charge in [-0.1, -0.05) is 76.4 Å². The Bertz CT molecular complexity index is 1650. The maximum atomic E-state index is 13.2. The highest BCUT2D eigenvalue weighted by molar-refractivity contribution is 6.36. The number of anilines is 1. The fourth-order valence-corrected chi connectivity index (χ4v) is 4.27. The van der Waals surface area contributed by atoms with Crippen molar-refractivity contribution >= 4 is 52.7 Å². The van der Waals surface area contributed by atoms with Crippen molar-refractivity contribution < 1.29 is 14.2 Å². The summed E-state index contributed by atoms with van der Waals surface area (Å²) in [5.41, 5.74) is 10.5. The zero-order chi connectivity index (χ0) is 27.4. The summed E-state index contributed by atoms with van der Waals surface area (Å²) in [6.07, 6.45) is 1.42. The van der Waals surface area contributed by atoms with Crippen molar-refractivity contribution in [2.75, 3.05) is 5.73 Å². The number of hydrogen-bond acceptors (Lipinski definition) is 9. The number of hydrogen-bond donors (Lipinski definition) is 2. The zero-order valence-electron chi connectivity index (χ0n) is 19.8. The Kier molecular flexibility index (Phi) is 7.73. The molecule has 1 amide bonds. The molecule has 5 rings (SSSR count). The lowest BCUT2D eigenvalue weighted by molar-refractivity contribution is 0.0947. The van der Waals surface area contributed by atoms with Crippen molar-refractivity contribution in [3.8, 4) is 22.8 Å². The van der Waals surface area contributed by atoms with Crippen LogP contribution in [0.15, 0.2) is 76.5 Å². The highest BCUT2D eigenvalue weighted by Gasteiger charge is 2.25. The monoisotopic (exact) mass is 582 g/mol. The number of carbonyl (C=O) groups is 1. The largest absolute Gasteiger partial charge is 0.487 e. The van der Waals surface area contributed by atoms with Crippen LogP contribution in [0.5, 0.6) is 5.75 Å². The minimum Gasteiger partial charge on any atom is -0.487 e. The molecule has 0 bridgehead atoms. The maximum Gasteiger partial charge on any atom is 0.292 e. The van der Waals surface area contributed by atoms with Gasteiger partial charge in [-0.15, -0.1) is 5.10 Å². The molecule has 0 atom stereocenters. The van der Waals surface area contributed by atoms with Crippen molar-refractivity contribution in [2.45, 2.75) is 6.61 Å². The molecule has 196 valence electrons. The van der Waals surface area contributed by atoms with Crippen LogP contribution in [0.3, 0.4) is 0 Å². The molecule has 0 fully saturated rings. The molecule has 0 spiro atoms. The van der Waals surface area contributed by atoms with Crippen LogP contribution in [0.25, 0.3) is 17.1 Å². The second kappa shape index (κ2) is 11.5. The van der Waals surface area contributed by atoms with Gasteiger partial charge in [0.05, 0.1) is 11.2 Å². The smallest absolute Gasteiger partial charge is 0.292 e. The van der Waals surface area contributed by atoms with Gasteiger partial charge in [-0.2, -0.15) is 9.78 Å². The van der Waals surface area contributed by atoms with Gasteiger partial charge < -0.3 is 10.5 Å². The lowest BCUT2D eigenvalue weighted by Gasteiger charge is -2.11. The summed E-state index contributed by atoms with van der Waals surface area (Å²) in [7, 11) is 0. The normalized spacial score (nSPS) is 11.2. The Morgan fingerprint density at radius 2 is 1.79 bits per heavy atom. The minimum absolute atomic E-state index is 0.0132. The third-order valence-corrected chi connectivity index (χ3v) is 6.40. The minimum atomic E-state index is -0.625. The third kappa shape index (κ3) is 5.70. The van der Waals surface area contributed by atoms with E-state index in [-0.39, 0.29) is 29.6 Å². The van der Waals surface area contributed by atoms with E-state index in [2.05, 4.69) is 35.8 Å². The third-order valence-electron chi connectivity index (χ3n) is 5.40. The van der Waals surface area contributed by atoms with E-state index < -0.39 is 5.91 Å². The Morgan fingerprint density at radius 1 is 1.03 bits per heavy atom. The molecule has 0 aliphatic rings. The van der Waals surface area contributed by atoms with Crippen LogP contribution < -0.4 is 15.9 Å². The van der Waals surface area contributed by atoms with E-state index >= 15 is 0 Å². The molecule has 11 nitrogen and oxygen atoms in total. The molecule has 0 saturated heterocycles. The van der Waals surface area contributed by atoms with Gasteiger partial charge in [0.1, 0.15) is 18.1 Å². The second-order valence-electron chi connectivity index (χ2n) is 7.92. The maximum absolute atomic E-state index is 13.2. The number of benzene rings is 3. The van der Waals surface area contributed by atoms with E-state index in [0.717, 1.165) is 4.68 Å². The highest BCUT2D eigenvalue weighted by atomic mass is 35.5. The van der Waals surface area contributed by atoms with Crippen LogP contribution in [0.2, 0.25) is 15.1 Å². The van der Waals surface area contributed by atoms with Gasteiger partial charge >= 0.3 is 0 Å². The van der Waals surface area contributed by atoms with Gasteiger partial charge in [0.15, 0.2) is 5.69 Å². The fraction of sp³-hybridized carbons (Fsp3) is 0.0400. The molecule has 2 heterocycles. The van der Waals surface area contributed by atoms with Crippen LogP contribution in [0.1, 0.15) is 21.6 Å². The number of ether oxygens (including phenoxy) is 1. The SMILES string of the molecule is Nc1nonc1-n1nnc(-c2ccccc2)c1C(=O)N/N=C/c1ccc(OCc2c(Cl)cccc2Cl)c(Cl)c1. The number of nitrogens with zero attached hydrogens (tertiary/aromatic N) is 6. The number of aromatic nitrogens is 5. The predicted molar refractivity (Wildman–Crippen MR) is 146 cm³/mol. The number of nitrogen functional groups attached to an aromatic ring is 1. The molecule has 3 aromatic carbocycles. The van der Waals surface area contributed by atoms with E-state index in [1.54, 1.807) is 60.7 Å². The molecule has 0 radical (unpaired) electrons. The first-order valence-corrected chi connectivity index (χ1v) is 12.3. The van der Waals surface area contributed by atoms with Crippen molar-refractivity contribution in [1.82, 2.24) is 30.7 Å². The number of hydrazone groups is 1. The lowest BCUT2D eigenvalue weighted by atomic mass is 10.1. The molecular formula is C25H17Cl3N8O3. The summed E-state index contributed by atoms with van der Waals surface area (Å²) in [4.78, 5) is 13.2. The van der Waals surface area contributed by atoms with Gasteiger partial charge in [-0.25, -0.2) is 10.1 Å². The molecule has 39 heavy (non-hydrogen) atoms. The number of amides is 1. The fourth-order valence-electron chi connectivity index (χ4n) is 3.52. The topological polar surface area (TPSA) is 146 Å².